The molecule has 0 aromatic heterocycles. The molecule has 1 fully saturated rings. The van der Waals surface area contributed by atoms with Crippen LogP contribution >= 0.6 is 7.92 Å². The molecule has 0 radical (unpaired) electrons. The Morgan fingerprint density at radius 2 is 1.23 bits per heavy atom. The summed E-state index contributed by atoms with van der Waals surface area (Å²) in [5.74, 6) is -8.05. The minimum absolute atomic E-state index is 0. The molecule has 0 N–H and O–H groups in total. The van der Waals surface area contributed by atoms with Crippen molar-refractivity contribution in [3.05, 3.63) is 36.4 Å². The average molecular weight is 427 g/mol. The Bertz CT molecular complexity index is 416. The molecular weight excluding hydrogens is 406 g/mol. The van der Waals surface area contributed by atoms with Crippen LogP contribution in [0.5, 0.6) is 5.75 Å². The third-order valence-corrected chi connectivity index (χ3v) is 2.40. The van der Waals surface area contributed by atoms with Crippen LogP contribution in [0, 0.1) is 36.4 Å². The van der Waals surface area contributed by atoms with Crippen LogP contribution in [0.15, 0.2) is 0 Å². The Morgan fingerprint density at radius 1 is 0.864 bits per heavy atom. The van der Waals surface area contributed by atoms with Gasteiger partial charge in [-0.15, -0.1) is 7.92 Å². The zero-order valence-corrected chi connectivity index (χ0v) is 15.5. The van der Waals surface area contributed by atoms with Crippen LogP contribution in [0.4, 0.5) is 17.6 Å². The van der Waals surface area contributed by atoms with E-state index in [0.29, 0.717) is 7.92 Å². The summed E-state index contributed by atoms with van der Waals surface area (Å²) in [6.45, 7) is 6.69. The van der Waals surface area contributed by atoms with Gasteiger partial charge in [0.1, 0.15) is 0 Å². The van der Waals surface area contributed by atoms with Crippen LogP contribution in [0.1, 0.15) is 32.1 Å². The van der Waals surface area contributed by atoms with E-state index < -0.39 is 29.0 Å². The van der Waals surface area contributed by atoms with Gasteiger partial charge in [-0.05, 0) is 20.0 Å². The van der Waals surface area contributed by atoms with Gasteiger partial charge >= 0.3 is 19.5 Å². The van der Waals surface area contributed by atoms with Gasteiger partial charge in [0.2, 0.25) is 0 Å². The van der Waals surface area contributed by atoms with Crippen LogP contribution in [0.25, 0.3) is 0 Å². The first-order chi connectivity index (χ1) is 9.81. The second-order valence-corrected chi connectivity index (χ2v) is 7.65. The zero-order valence-electron chi connectivity index (χ0n) is 12.9. The molecule has 0 spiro atoms. The van der Waals surface area contributed by atoms with Gasteiger partial charge in [-0.3, -0.25) is 8.78 Å². The molecular formula is C15H21F4OPRh+. The van der Waals surface area contributed by atoms with Crippen molar-refractivity contribution in [2.75, 3.05) is 20.0 Å². The van der Waals surface area contributed by atoms with Gasteiger partial charge in [-0.1, -0.05) is 38.2 Å². The summed E-state index contributed by atoms with van der Waals surface area (Å²) >= 11 is 0. The number of hydrogen-bond donors (Lipinski definition) is 0. The molecule has 0 aliphatic heterocycles. The van der Waals surface area contributed by atoms with Crippen LogP contribution < -0.4 is 4.74 Å². The maximum absolute atomic E-state index is 12.5. The van der Waals surface area contributed by atoms with Gasteiger partial charge in [0.15, 0.2) is 0 Å². The van der Waals surface area contributed by atoms with Crippen molar-refractivity contribution in [3.63, 3.8) is 0 Å². The zero-order chi connectivity index (χ0) is 16.4. The first-order valence-corrected chi connectivity index (χ1v) is 9.27. The SMILES string of the molecule is C1CCCC1.CP(C)C.[CH2-]Oc1[c-]c(F)c(F)c(F)c1F.[Rh+3]. The molecule has 0 amide bonds. The fourth-order valence-electron chi connectivity index (χ4n) is 1.49. The minimum Gasteiger partial charge on any atom is -0.681 e. The predicted octanol–water partition coefficient (Wildman–Crippen LogP) is 5.52. The summed E-state index contributed by atoms with van der Waals surface area (Å²) in [6.07, 6.45) is 7.50. The predicted molar refractivity (Wildman–Crippen MR) is 78.9 cm³/mol. The molecule has 0 heterocycles. The number of halogens is 4. The van der Waals surface area contributed by atoms with Crippen molar-refractivity contribution in [1.29, 1.82) is 0 Å². The molecule has 22 heavy (non-hydrogen) atoms. The summed E-state index contributed by atoms with van der Waals surface area (Å²) in [4.78, 5) is 0. The maximum atomic E-state index is 12.5. The molecule has 7 heteroatoms. The first-order valence-electron chi connectivity index (χ1n) is 6.59. The maximum Gasteiger partial charge on any atom is 3.00 e. The van der Waals surface area contributed by atoms with Gasteiger partial charge in [0.25, 0.3) is 0 Å². The Kier molecular flexibility index (Phi) is 14.5. The number of benzene rings is 1. The van der Waals surface area contributed by atoms with E-state index >= 15 is 0 Å². The van der Waals surface area contributed by atoms with Gasteiger partial charge in [0, 0.05) is 5.75 Å². The van der Waals surface area contributed by atoms with Crippen molar-refractivity contribution in [1.82, 2.24) is 0 Å². The summed E-state index contributed by atoms with van der Waals surface area (Å²) in [6, 6.07) is 1.49. The molecule has 0 atom stereocenters. The first kappa shape index (κ1) is 24.1. The monoisotopic (exact) mass is 427 g/mol. The van der Waals surface area contributed by atoms with Crippen molar-refractivity contribution < 1.29 is 41.8 Å². The molecule has 0 bridgehead atoms. The summed E-state index contributed by atoms with van der Waals surface area (Å²) in [7, 11) is 3.08. The number of rotatable bonds is 1. The van der Waals surface area contributed by atoms with Gasteiger partial charge in [-0.25, -0.2) is 8.78 Å². The van der Waals surface area contributed by atoms with E-state index in [2.05, 4.69) is 31.8 Å². The minimum atomic E-state index is -1.94. The quantitative estimate of drug-likeness (QED) is 0.143. The second kappa shape index (κ2) is 13.3. The fraction of sp³-hybridized carbons (Fsp3) is 0.533. The van der Waals surface area contributed by atoms with Crippen molar-refractivity contribution in [2.45, 2.75) is 32.1 Å². The van der Waals surface area contributed by atoms with Gasteiger partial charge < -0.3 is 4.74 Å². The molecule has 1 aliphatic rings. The Labute approximate surface area is 144 Å². The fourth-order valence-corrected chi connectivity index (χ4v) is 1.49. The second-order valence-electron chi connectivity index (χ2n) is 4.96. The summed E-state index contributed by atoms with van der Waals surface area (Å²) in [5.41, 5.74) is 0. The van der Waals surface area contributed by atoms with Crippen LogP contribution in [-0.2, 0) is 19.5 Å². The van der Waals surface area contributed by atoms with Crippen LogP contribution in [0.3, 0.4) is 0 Å². The van der Waals surface area contributed by atoms with E-state index in [0.717, 1.165) is 0 Å². The Hall–Kier alpha value is -0.207. The van der Waals surface area contributed by atoms with E-state index in [1.807, 2.05) is 0 Å². The molecule has 2 rings (SSSR count). The molecule has 1 aromatic rings. The van der Waals surface area contributed by atoms with Crippen molar-refractivity contribution >= 4 is 7.92 Å². The molecule has 0 unspecified atom stereocenters. The molecule has 0 saturated heterocycles. The third-order valence-electron chi connectivity index (χ3n) is 2.40. The van der Waals surface area contributed by atoms with Crippen LogP contribution in [0.2, 0.25) is 0 Å². The van der Waals surface area contributed by atoms with E-state index in [1.165, 1.54) is 38.2 Å². The van der Waals surface area contributed by atoms with Crippen LogP contribution in [-0.4, -0.2) is 20.0 Å². The Balaban J connectivity index is 0. The average Bonchev–Trinajstić information content (AvgIpc) is 2.99. The topological polar surface area (TPSA) is 9.23 Å². The molecule has 1 saturated carbocycles. The number of ether oxygens (including phenoxy) is 1. The Morgan fingerprint density at radius 3 is 1.55 bits per heavy atom. The standard InChI is InChI=1S/C7H2F4O.C5H10.C3H9P.Rh/c1-12-4-2-3(8)5(9)7(11)6(4)10;1-2-4-5-3-1;1-4(2)3;/h1H2;1-5H2;1-3H3;/q-2;;;+3. The van der Waals surface area contributed by atoms with E-state index in [1.54, 1.807) is 0 Å². The van der Waals surface area contributed by atoms with E-state index in [4.69, 9.17) is 0 Å². The van der Waals surface area contributed by atoms with Gasteiger partial charge in [-0.2, -0.15) is 7.11 Å². The molecule has 128 valence electrons. The smallest absolute Gasteiger partial charge is 0.681 e. The third kappa shape index (κ3) is 9.74. The van der Waals surface area contributed by atoms with Gasteiger partial charge in [0.05, 0.1) is 23.3 Å². The molecule has 1 aliphatic carbocycles. The number of hydrogen-bond acceptors (Lipinski definition) is 1. The van der Waals surface area contributed by atoms with Crippen molar-refractivity contribution in [3.8, 4) is 5.75 Å². The summed E-state index contributed by atoms with van der Waals surface area (Å²) < 4.78 is 53.2. The normalized spacial score (nSPS) is 12.6. The van der Waals surface area contributed by atoms with E-state index in [-0.39, 0.29) is 19.5 Å². The van der Waals surface area contributed by atoms with E-state index in [9.17, 15) is 17.6 Å². The molecule has 1 nitrogen and oxygen atoms in total. The van der Waals surface area contributed by atoms with Crippen molar-refractivity contribution in [2.24, 2.45) is 0 Å². The molecule has 1 aromatic carbocycles. The summed E-state index contributed by atoms with van der Waals surface area (Å²) in [5, 5.41) is 0. The largest absolute Gasteiger partial charge is 3.00 e.